The van der Waals surface area contributed by atoms with E-state index < -0.39 is 0 Å². The monoisotopic (exact) mass is 1020 g/mol. The van der Waals surface area contributed by atoms with Gasteiger partial charge in [0.05, 0.1) is 144 Å². The molecular weight excluding hydrogens is 966 g/mol. The lowest BCUT2D eigenvalue weighted by Gasteiger charge is -2.32. The van der Waals surface area contributed by atoms with Gasteiger partial charge in [-0.3, -0.25) is 9.97 Å². The molecule has 4 aliphatic heterocycles. The lowest BCUT2D eigenvalue weighted by Crippen LogP contribution is -2.38. The van der Waals surface area contributed by atoms with Crippen LogP contribution in [0.2, 0.25) is 5.02 Å². The number of ether oxygens (including phenoxy) is 4. The van der Waals surface area contributed by atoms with Gasteiger partial charge in [-0.2, -0.15) is 5.26 Å². The largest absolute Gasteiger partial charge is 0.378 e. The Balaban J connectivity index is 0.000000161. The topological polar surface area (TPSA) is 175 Å². The molecule has 0 amide bonds. The van der Waals surface area contributed by atoms with Gasteiger partial charge in [0.2, 0.25) is 0 Å². The van der Waals surface area contributed by atoms with Crippen molar-refractivity contribution in [3.63, 3.8) is 0 Å². The van der Waals surface area contributed by atoms with Crippen LogP contribution in [0.3, 0.4) is 0 Å². The smallest absolute Gasteiger partial charge is 0.152 e. The molecule has 4 saturated heterocycles. The lowest BCUT2D eigenvalue weighted by atomic mass is 10.0. The zero-order valence-corrected chi connectivity index (χ0v) is 42.9. The third-order valence-electron chi connectivity index (χ3n) is 14.0. The van der Waals surface area contributed by atoms with E-state index in [1.165, 1.54) is 0 Å². The number of fused-ring (bicyclic) bond motifs is 2. The fourth-order valence-corrected chi connectivity index (χ4v) is 10.3. The molecule has 0 saturated carbocycles. The molecule has 0 spiro atoms. The van der Waals surface area contributed by atoms with Crippen LogP contribution >= 0.6 is 11.6 Å². The van der Waals surface area contributed by atoms with Crippen molar-refractivity contribution in [3.8, 4) is 28.8 Å². The summed E-state index contributed by atoms with van der Waals surface area (Å²) < 4.78 is 22.4. The first-order chi connectivity index (χ1) is 36.9. The predicted octanol–water partition coefficient (Wildman–Crippen LogP) is 9.36. The third kappa shape index (κ3) is 10.7. The molecule has 10 heterocycles. The molecule has 2 aromatic carbocycles. The van der Waals surface area contributed by atoms with E-state index in [9.17, 15) is 5.26 Å². The van der Waals surface area contributed by atoms with Gasteiger partial charge in [-0.1, -0.05) is 48.0 Å². The van der Waals surface area contributed by atoms with Crippen molar-refractivity contribution in [2.24, 2.45) is 0 Å². The van der Waals surface area contributed by atoms with Crippen molar-refractivity contribution in [2.75, 3.05) is 135 Å². The van der Waals surface area contributed by atoms with Crippen LogP contribution in [-0.2, 0) is 18.9 Å². The highest BCUT2D eigenvalue weighted by molar-refractivity contribution is 6.35. The average molecular weight is 1020 g/mol. The summed E-state index contributed by atoms with van der Waals surface area (Å²) in [6.07, 6.45) is 7.46. The Morgan fingerprint density at radius 1 is 0.507 bits per heavy atom. The van der Waals surface area contributed by atoms with E-state index in [0.29, 0.717) is 69.0 Å². The zero-order valence-electron chi connectivity index (χ0n) is 42.1. The van der Waals surface area contributed by atoms with Crippen molar-refractivity contribution in [2.45, 2.75) is 13.8 Å². The highest BCUT2D eigenvalue weighted by Crippen LogP contribution is 2.41. The van der Waals surface area contributed by atoms with Gasteiger partial charge < -0.3 is 49.2 Å². The molecule has 0 unspecified atom stereocenters. The zero-order chi connectivity index (χ0) is 51.1. The molecule has 2 N–H and O–H groups in total. The molecule has 4 aliphatic rings. The van der Waals surface area contributed by atoms with E-state index in [0.717, 1.165) is 148 Å². The van der Waals surface area contributed by atoms with E-state index in [2.05, 4.69) is 71.4 Å². The van der Waals surface area contributed by atoms with Crippen molar-refractivity contribution in [3.05, 3.63) is 131 Å². The maximum absolute atomic E-state index is 9.87. The molecule has 12 rings (SSSR count). The SMILES string of the molecule is Cc1c(-c2ccccn2)nc2c(C#N)cccc2c1Nc1cc(N2CCOCC2)cnc1N1CCOCC1.Cc1c(-c2ccccn2)nc2c(Cl)cccc2c1Nc1cc(N2CCOCC2)cnc1N1CCOCC1. The van der Waals surface area contributed by atoms with E-state index in [1.54, 1.807) is 18.5 Å². The van der Waals surface area contributed by atoms with Crippen LogP contribution in [0.15, 0.2) is 110 Å². The summed E-state index contributed by atoms with van der Waals surface area (Å²) in [6.45, 7) is 16.1. The van der Waals surface area contributed by atoms with Crippen LogP contribution in [0.25, 0.3) is 44.6 Å². The minimum absolute atomic E-state index is 0.524. The first kappa shape index (κ1) is 49.5. The summed E-state index contributed by atoms with van der Waals surface area (Å²) in [5, 5.41) is 19.8. The number of aromatic nitrogens is 6. The molecule has 8 aromatic rings. The Bertz CT molecular complexity index is 3340. The highest BCUT2D eigenvalue weighted by Gasteiger charge is 2.25. The number of pyridine rings is 6. The van der Waals surface area contributed by atoms with Gasteiger partial charge in [-0.05, 0) is 62.4 Å². The molecule has 6 aromatic heterocycles. The Kier molecular flexibility index (Phi) is 15.1. The first-order valence-electron chi connectivity index (χ1n) is 25.5. The summed E-state index contributed by atoms with van der Waals surface area (Å²) in [6, 6.07) is 29.9. The Morgan fingerprint density at radius 2 is 0.933 bits per heavy atom. The van der Waals surface area contributed by atoms with Crippen LogP contribution in [0.4, 0.5) is 45.8 Å². The predicted molar refractivity (Wildman–Crippen MR) is 296 cm³/mol. The standard InChI is InChI=1S/C29H29N7O2.C28H29ClN6O2/c1-20-26(23-6-4-5-21(18-30)28(23)34-27(20)24-7-2-3-8-31-24)33-25-17-22(35-9-13-37-14-10-35)19-32-29(25)36-11-15-38-16-12-36;1-19-25(21-5-4-6-22(29)27(21)33-26(19)23-7-2-3-8-30-23)32-24-17-20(34-9-13-36-14-10-34)18-31-28(24)35-11-15-37-16-12-35/h2-8,17,19H,9-16H2,1H3,(H,33,34);2-8,17-18H,9-16H2,1H3,(H,32,33). The summed E-state index contributed by atoms with van der Waals surface area (Å²) in [5.74, 6) is 1.79. The number of nitrogens with one attached hydrogen (secondary N) is 2. The number of anilines is 8. The average Bonchev–Trinajstić information content (AvgIpc) is 3.50. The quantitative estimate of drug-likeness (QED) is 0.132. The molecular formula is C57H58ClN13O4. The van der Waals surface area contributed by atoms with Crippen LogP contribution < -0.4 is 30.2 Å². The van der Waals surface area contributed by atoms with Gasteiger partial charge in [0.1, 0.15) is 6.07 Å². The van der Waals surface area contributed by atoms with Gasteiger partial charge in [0.15, 0.2) is 11.6 Å². The number of hydrogen-bond acceptors (Lipinski definition) is 17. The first-order valence-corrected chi connectivity index (χ1v) is 25.9. The number of nitriles is 1. The maximum Gasteiger partial charge on any atom is 0.152 e. The van der Waals surface area contributed by atoms with Crippen molar-refractivity contribution < 1.29 is 18.9 Å². The number of benzene rings is 2. The van der Waals surface area contributed by atoms with Gasteiger partial charge >= 0.3 is 0 Å². The Hall–Kier alpha value is -7.72. The number of para-hydroxylation sites is 2. The van der Waals surface area contributed by atoms with Crippen molar-refractivity contribution >= 4 is 79.2 Å². The Morgan fingerprint density at radius 3 is 1.37 bits per heavy atom. The summed E-state index contributed by atoms with van der Waals surface area (Å²) >= 11 is 6.66. The molecule has 0 aliphatic carbocycles. The molecule has 4 fully saturated rings. The summed E-state index contributed by atoms with van der Waals surface area (Å²) in [5.41, 5.74) is 12.8. The van der Waals surface area contributed by atoms with Crippen LogP contribution in [-0.4, -0.2) is 135 Å². The molecule has 382 valence electrons. The van der Waals surface area contributed by atoms with Gasteiger partial charge in [0, 0.05) is 86.7 Å². The molecule has 0 atom stereocenters. The number of halogens is 1. The molecule has 0 bridgehead atoms. The van der Waals surface area contributed by atoms with Gasteiger partial charge in [-0.25, -0.2) is 19.9 Å². The normalized spacial score (nSPS) is 16.1. The second-order valence-corrected chi connectivity index (χ2v) is 19.0. The van der Waals surface area contributed by atoms with Gasteiger partial charge in [0.25, 0.3) is 0 Å². The molecule has 18 heteroatoms. The minimum atomic E-state index is 0.524. The van der Waals surface area contributed by atoms with E-state index in [4.69, 9.17) is 50.5 Å². The van der Waals surface area contributed by atoms with E-state index in [1.807, 2.05) is 80.0 Å². The van der Waals surface area contributed by atoms with E-state index >= 15 is 0 Å². The van der Waals surface area contributed by atoms with Crippen molar-refractivity contribution in [1.82, 2.24) is 29.9 Å². The highest BCUT2D eigenvalue weighted by atomic mass is 35.5. The summed E-state index contributed by atoms with van der Waals surface area (Å²) in [4.78, 5) is 38.1. The Labute approximate surface area is 441 Å². The molecule has 0 radical (unpaired) electrons. The second kappa shape index (κ2) is 22.8. The van der Waals surface area contributed by atoms with Crippen LogP contribution in [0.1, 0.15) is 16.7 Å². The fraction of sp³-hybridized carbons (Fsp3) is 0.316. The summed E-state index contributed by atoms with van der Waals surface area (Å²) in [7, 11) is 0. The molecule has 17 nitrogen and oxygen atoms in total. The van der Waals surface area contributed by atoms with E-state index in [-0.39, 0.29) is 0 Å². The number of hydrogen-bond donors (Lipinski definition) is 2. The lowest BCUT2D eigenvalue weighted by molar-refractivity contribution is 0.122. The molecule has 75 heavy (non-hydrogen) atoms. The fourth-order valence-electron chi connectivity index (χ4n) is 10.0. The maximum atomic E-state index is 9.87. The minimum Gasteiger partial charge on any atom is -0.378 e. The van der Waals surface area contributed by atoms with Crippen LogP contribution in [0.5, 0.6) is 0 Å². The third-order valence-corrected chi connectivity index (χ3v) is 14.3. The second-order valence-electron chi connectivity index (χ2n) is 18.6. The van der Waals surface area contributed by atoms with Gasteiger partial charge in [-0.15, -0.1) is 0 Å². The number of nitrogens with zero attached hydrogens (tertiary/aromatic N) is 11. The van der Waals surface area contributed by atoms with Crippen LogP contribution in [0, 0.1) is 25.2 Å². The number of morpholine rings is 4. The van der Waals surface area contributed by atoms with Crippen molar-refractivity contribution in [1.29, 1.82) is 5.26 Å². The number of rotatable bonds is 10.